The number of anilines is 1. The van der Waals surface area contributed by atoms with E-state index in [1.807, 2.05) is 52.1 Å². The van der Waals surface area contributed by atoms with Crippen LogP contribution in [-0.2, 0) is 14.0 Å². The van der Waals surface area contributed by atoms with Gasteiger partial charge in [0.1, 0.15) is 11.4 Å². The summed E-state index contributed by atoms with van der Waals surface area (Å²) in [7, 11) is -1.78. The van der Waals surface area contributed by atoms with Crippen LogP contribution in [0.3, 0.4) is 0 Å². The van der Waals surface area contributed by atoms with Crippen LogP contribution in [0.4, 0.5) is 5.69 Å². The summed E-state index contributed by atoms with van der Waals surface area (Å²) < 4.78 is 8.25. The Labute approximate surface area is 214 Å². The third-order valence-electron chi connectivity index (χ3n) is 8.03. The number of hydrogen-bond acceptors (Lipinski definition) is 4. The lowest BCUT2D eigenvalue weighted by Gasteiger charge is -2.36. The highest BCUT2D eigenvalue weighted by molar-refractivity contribution is 6.74. The van der Waals surface area contributed by atoms with Crippen molar-refractivity contribution in [3.63, 3.8) is 0 Å². The van der Waals surface area contributed by atoms with Crippen LogP contribution in [0.1, 0.15) is 45.1 Å². The lowest BCUT2D eigenvalue weighted by atomic mass is 9.97. The van der Waals surface area contributed by atoms with Gasteiger partial charge in [0.05, 0.1) is 5.52 Å². The van der Waals surface area contributed by atoms with E-state index in [1.165, 1.54) is 5.56 Å². The van der Waals surface area contributed by atoms with Gasteiger partial charge in [-0.15, -0.1) is 0 Å². The van der Waals surface area contributed by atoms with Crippen LogP contribution in [0.25, 0.3) is 16.6 Å². The highest BCUT2D eigenvalue weighted by Crippen LogP contribution is 2.43. The second-order valence-electron chi connectivity index (χ2n) is 11.3. The molecule has 0 aliphatic carbocycles. The van der Waals surface area contributed by atoms with Crippen LogP contribution in [-0.4, -0.2) is 37.9 Å². The molecule has 1 N–H and O–H groups in total. The predicted molar refractivity (Wildman–Crippen MR) is 147 cm³/mol. The van der Waals surface area contributed by atoms with Crippen molar-refractivity contribution in [1.29, 1.82) is 0 Å². The fraction of sp³-hybridized carbons (Fsp3) is 0.379. The Morgan fingerprint density at radius 1 is 0.972 bits per heavy atom. The molecule has 0 saturated carbocycles. The van der Waals surface area contributed by atoms with Crippen molar-refractivity contribution in [2.24, 2.45) is 0 Å². The first kappa shape index (κ1) is 24.5. The average molecular weight is 502 g/mol. The molecular formula is C29H35N3O3Si. The van der Waals surface area contributed by atoms with E-state index in [4.69, 9.17) is 4.43 Å². The van der Waals surface area contributed by atoms with Crippen LogP contribution in [0, 0.1) is 0 Å². The first-order chi connectivity index (χ1) is 17.1. The Hall–Kier alpha value is -3.16. The zero-order valence-electron chi connectivity index (χ0n) is 21.8. The number of fused-ring (bicyclic) bond motifs is 2. The summed E-state index contributed by atoms with van der Waals surface area (Å²) in [5, 5.41) is 3.76. The van der Waals surface area contributed by atoms with Crippen molar-refractivity contribution < 1.29 is 14.0 Å². The maximum absolute atomic E-state index is 13.1. The number of nitrogens with one attached hydrogen (secondary N) is 1. The molecule has 6 nitrogen and oxygen atoms in total. The van der Waals surface area contributed by atoms with Crippen molar-refractivity contribution >= 4 is 42.4 Å². The monoisotopic (exact) mass is 501 g/mol. The molecule has 0 fully saturated rings. The number of nitrogens with zero attached hydrogens (tertiary/aromatic N) is 2. The molecule has 0 saturated heterocycles. The number of carbonyl (C=O) groups is 2. The Bertz CT molecular complexity index is 1370. The van der Waals surface area contributed by atoms with E-state index in [-0.39, 0.29) is 22.8 Å². The number of amides is 2. The van der Waals surface area contributed by atoms with Crippen molar-refractivity contribution in [1.82, 2.24) is 9.88 Å². The molecule has 0 spiro atoms. The van der Waals surface area contributed by atoms with Gasteiger partial charge in [0, 0.05) is 31.0 Å². The van der Waals surface area contributed by atoms with E-state index in [2.05, 4.69) is 57.4 Å². The number of aromatic nitrogens is 1. The van der Waals surface area contributed by atoms with Crippen molar-refractivity contribution in [2.75, 3.05) is 18.1 Å². The minimum absolute atomic E-state index is 0.192. The van der Waals surface area contributed by atoms with E-state index < -0.39 is 8.32 Å². The summed E-state index contributed by atoms with van der Waals surface area (Å²) in [5.74, 6) is -0.438. The molecule has 7 heteroatoms. The van der Waals surface area contributed by atoms with Crippen molar-refractivity contribution in [3.05, 3.63) is 72.1 Å². The van der Waals surface area contributed by atoms with E-state index in [1.54, 1.807) is 0 Å². The first-order valence-electron chi connectivity index (χ1n) is 12.8. The van der Waals surface area contributed by atoms with Gasteiger partial charge in [0.15, 0.2) is 8.32 Å². The van der Waals surface area contributed by atoms with Crippen LogP contribution in [0.15, 0.2) is 66.5 Å². The van der Waals surface area contributed by atoms with Crippen LogP contribution in [0.2, 0.25) is 18.1 Å². The number of carbonyl (C=O) groups excluding carboxylic acids is 2. The second kappa shape index (κ2) is 9.05. The topological polar surface area (TPSA) is 63.6 Å². The Balaban J connectivity index is 1.43. The molecule has 2 amide bonds. The smallest absolute Gasteiger partial charge is 0.277 e. The van der Waals surface area contributed by atoms with Gasteiger partial charge in [-0.1, -0.05) is 57.2 Å². The van der Waals surface area contributed by atoms with Gasteiger partial charge < -0.3 is 13.9 Å². The molecule has 2 aromatic carbocycles. The molecule has 188 valence electrons. The highest BCUT2D eigenvalue weighted by Gasteiger charge is 2.41. The summed E-state index contributed by atoms with van der Waals surface area (Å²) in [6, 6.07) is 18.1. The van der Waals surface area contributed by atoms with E-state index in [9.17, 15) is 9.59 Å². The molecule has 3 aromatic rings. The zero-order valence-corrected chi connectivity index (χ0v) is 22.8. The van der Waals surface area contributed by atoms with Gasteiger partial charge in [-0.3, -0.25) is 14.9 Å². The average Bonchev–Trinajstić information content (AvgIpc) is 3.49. The highest BCUT2D eigenvalue weighted by atomic mass is 28.4. The first-order valence-corrected chi connectivity index (χ1v) is 15.7. The molecule has 3 heterocycles. The molecular weight excluding hydrogens is 466 g/mol. The molecule has 5 rings (SSSR count). The zero-order chi connectivity index (χ0) is 25.7. The summed E-state index contributed by atoms with van der Waals surface area (Å²) in [6.07, 6.45) is 3.79. The van der Waals surface area contributed by atoms with Crippen LogP contribution in [0.5, 0.6) is 0 Å². The van der Waals surface area contributed by atoms with E-state index >= 15 is 0 Å². The minimum Gasteiger partial charge on any atom is -0.417 e. The van der Waals surface area contributed by atoms with Crippen molar-refractivity contribution in [3.8, 4) is 0 Å². The third kappa shape index (κ3) is 4.20. The normalized spacial score (nSPS) is 18.4. The molecule has 36 heavy (non-hydrogen) atoms. The molecule has 2 aliphatic heterocycles. The molecule has 1 unspecified atom stereocenters. The van der Waals surface area contributed by atoms with Gasteiger partial charge >= 0.3 is 0 Å². The molecule has 0 bridgehead atoms. The maximum Gasteiger partial charge on any atom is 0.277 e. The minimum atomic E-state index is -1.78. The lowest BCUT2D eigenvalue weighted by Crippen LogP contribution is -2.41. The number of rotatable bonds is 7. The fourth-order valence-electron chi connectivity index (χ4n) is 5.02. The van der Waals surface area contributed by atoms with Gasteiger partial charge in [-0.2, -0.15) is 0 Å². The summed E-state index contributed by atoms with van der Waals surface area (Å²) in [4.78, 5) is 28.2. The Morgan fingerprint density at radius 3 is 2.44 bits per heavy atom. The van der Waals surface area contributed by atoms with Gasteiger partial charge in [-0.05, 0) is 60.1 Å². The van der Waals surface area contributed by atoms with Crippen LogP contribution < -0.4 is 10.2 Å². The lowest BCUT2D eigenvalue weighted by molar-refractivity contribution is -0.123. The Morgan fingerprint density at radius 2 is 1.67 bits per heavy atom. The molecule has 0 radical (unpaired) electrons. The number of benzene rings is 2. The maximum atomic E-state index is 13.1. The summed E-state index contributed by atoms with van der Waals surface area (Å²) >= 11 is 0. The molecule has 2 aliphatic rings. The fourth-order valence-corrected chi connectivity index (χ4v) is 6.10. The third-order valence-corrected chi connectivity index (χ3v) is 12.6. The quantitative estimate of drug-likeness (QED) is 0.250. The summed E-state index contributed by atoms with van der Waals surface area (Å²) in [6.45, 7) is 12.8. The molecule has 1 aromatic heterocycles. The largest absolute Gasteiger partial charge is 0.417 e. The van der Waals surface area contributed by atoms with Crippen molar-refractivity contribution in [2.45, 2.75) is 57.7 Å². The standard InChI is InChI=1S/C29H35N3O3Si/c1-29(2,3)36(4,5)35-18-10-12-21-19-32(24-15-9-7-13-22(21)24)26-25(27(33)30-28(26)34)31-17-16-20-11-6-8-14-23(20)31/h6-9,11,13-17,21H,10,12,18-19H2,1-5H3,(H,30,33,34). The van der Waals surface area contributed by atoms with Crippen LogP contribution >= 0.6 is 0 Å². The number of para-hydroxylation sites is 2. The summed E-state index contributed by atoms with van der Waals surface area (Å²) in [5.41, 5.74) is 3.94. The van der Waals surface area contributed by atoms with E-state index in [0.29, 0.717) is 17.9 Å². The molecule has 1 atom stereocenters. The number of imide groups is 1. The Kier molecular flexibility index (Phi) is 6.17. The van der Waals surface area contributed by atoms with Gasteiger partial charge in [0.2, 0.25) is 0 Å². The predicted octanol–water partition coefficient (Wildman–Crippen LogP) is 5.87. The number of hydrogen-bond donors (Lipinski definition) is 1. The SMILES string of the molecule is CC(C)(C)[Si](C)(C)OCCCC1CN(C2=C(n3ccc4ccccc43)C(=O)NC2=O)c2ccccc21. The van der Waals surface area contributed by atoms with Gasteiger partial charge in [0.25, 0.3) is 11.8 Å². The van der Waals surface area contributed by atoms with Gasteiger partial charge in [-0.25, -0.2) is 0 Å². The van der Waals surface area contributed by atoms with E-state index in [0.717, 1.165) is 36.0 Å². The second-order valence-corrected chi connectivity index (χ2v) is 16.2.